The molecule has 5 nitrogen and oxygen atoms in total. The van der Waals surface area contributed by atoms with Gasteiger partial charge in [0, 0.05) is 12.3 Å². The lowest BCUT2D eigenvalue weighted by molar-refractivity contribution is -0.166. The molecule has 1 fully saturated rings. The Bertz CT molecular complexity index is 706. The third-order valence-electron chi connectivity index (χ3n) is 7.35. The molecule has 0 aromatic carbocycles. The fourth-order valence-corrected chi connectivity index (χ4v) is 5.08. The summed E-state index contributed by atoms with van der Waals surface area (Å²) >= 11 is 0. The molecule has 0 aromatic rings. The van der Waals surface area contributed by atoms with Gasteiger partial charge in [-0.15, -0.1) is 0 Å². The van der Waals surface area contributed by atoms with Crippen LogP contribution in [0, 0.1) is 29.1 Å². The Morgan fingerprint density at radius 2 is 2.00 bits per heavy atom. The zero-order valence-electron chi connectivity index (χ0n) is 19.1. The van der Waals surface area contributed by atoms with Crippen LogP contribution in [0.4, 0.5) is 0 Å². The molecule has 0 aromatic heterocycles. The first-order chi connectivity index (χ1) is 14.1. The maximum atomic E-state index is 12.9. The molecule has 0 amide bonds. The number of aliphatic hydroxyl groups is 1. The van der Waals surface area contributed by atoms with Crippen LogP contribution >= 0.6 is 0 Å². The van der Waals surface area contributed by atoms with Crippen molar-refractivity contribution < 1.29 is 24.2 Å². The van der Waals surface area contributed by atoms with E-state index in [1.54, 1.807) is 0 Å². The summed E-state index contributed by atoms with van der Waals surface area (Å²) in [4.78, 5) is 24.6. The van der Waals surface area contributed by atoms with Crippen molar-refractivity contribution in [2.45, 2.75) is 91.5 Å². The maximum absolute atomic E-state index is 12.9. The largest absolute Gasteiger partial charge is 0.462 e. The van der Waals surface area contributed by atoms with Gasteiger partial charge in [0.25, 0.3) is 0 Å². The molecule has 1 heterocycles. The van der Waals surface area contributed by atoms with Crippen molar-refractivity contribution in [2.75, 3.05) is 0 Å². The van der Waals surface area contributed by atoms with E-state index in [4.69, 9.17) is 9.47 Å². The number of ether oxygens (including phenoxy) is 2. The molecule has 1 saturated heterocycles. The van der Waals surface area contributed by atoms with E-state index in [1.807, 2.05) is 20.8 Å². The number of carbonyl (C=O) groups is 2. The Morgan fingerprint density at radius 1 is 1.27 bits per heavy atom. The van der Waals surface area contributed by atoms with E-state index in [0.29, 0.717) is 24.2 Å². The number of fused-ring (bicyclic) bond motifs is 1. The van der Waals surface area contributed by atoms with Crippen molar-refractivity contribution in [3.8, 4) is 0 Å². The predicted octanol–water partition coefficient (Wildman–Crippen LogP) is 4.59. The quantitative estimate of drug-likeness (QED) is 0.639. The summed E-state index contributed by atoms with van der Waals surface area (Å²) in [5, 5.41) is 9.92. The van der Waals surface area contributed by atoms with Gasteiger partial charge in [0.1, 0.15) is 12.2 Å². The van der Waals surface area contributed by atoms with Crippen LogP contribution in [-0.2, 0) is 19.1 Å². The summed E-state index contributed by atoms with van der Waals surface area (Å²) in [5.74, 6) is 0.776. The minimum atomic E-state index is -0.601. The molecule has 0 saturated carbocycles. The van der Waals surface area contributed by atoms with Crippen molar-refractivity contribution in [2.24, 2.45) is 29.1 Å². The lowest BCUT2D eigenvalue weighted by Crippen LogP contribution is -2.43. The van der Waals surface area contributed by atoms with Crippen molar-refractivity contribution in [3.05, 3.63) is 23.8 Å². The Labute approximate surface area is 180 Å². The van der Waals surface area contributed by atoms with Crippen LogP contribution in [0.2, 0.25) is 0 Å². The van der Waals surface area contributed by atoms with Gasteiger partial charge in [-0.25, -0.2) is 0 Å². The molecule has 0 bridgehead atoms. The average molecular weight is 419 g/mol. The van der Waals surface area contributed by atoms with Gasteiger partial charge < -0.3 is 14.6 Å². The molecule has 0 radical (unpaired) electrons. The highest BCUT2D eigenvalue weighted by Crippen LogP contribution is 2.45. The van der Waals surface area contributed by atoms with Crippen LogP contribution in [0.1, 0.15) is 73.1 Å². The lowest BCUT2D eigenvalue weighted by Gasteiger charge is -2.44. The lowest BCUT2D eigenvalue weighted by atomic mass is 9.65. The first-order valence-corrected chi connectivity index (χ1v) is 11.6. The van der Waals surface area contributed by atoms with Gasteiger partial charge in [0.05, 0.1) is 17.9 Å². The highest BCUT2D eigenvalue weighted by Gasteiger charge is 2.43. The van der Waals surface area contributed by atoms with Crippen LogP contribution in [0.15, 0.2) is 23.8 Å². The second-order valence-corrected chi connectivity index (χ2v) is 10.3. The molecule has 3 rings (SSSR count). The first-order valence-electron chi connectivity index (χ1n) is 11.6. The number of hydrogen-bond acceptors (Lipinski definition) is 5. The monoisotopic (exact) mass is 418 g/mol. The molecular formula is C25H38O5. The summed E-state index contributed by atoms with van der Waals surface area (Å²) in [6, 6.07) is 0. The van der Waals surface area contributed by atoms with E-state index >= 15 is 0 Å². The molecule has 2 unspecified atom stereocenters. The summed E-state index contributed by atoms with van der Waals surface area (Å²) in [6.45, 7) is 10.3. The molecule has 3 aliphatic rings. The molecule has 0 spiro atoms. The molecule has 1 N–H and O–H groups in total. The second-order valence-electron chi connectivity index (χ2n) is 10.3. The Kier molecular flexibility index (Phi) is 7.11. The topological polar surface area (TPSA) is 72.8 Å². The molecular weight excluding hydrogens is 380 g/mol. The van der Waals surface area contributed by atoms with Gasteiger partial charge in [-0.2, -0.15) is 0 Å². The van der Waals surface area contributed by atoms with Crippen molar-refractivity contribution in [1.29, 1.82) is 0 Å². The van der Waals surface area contributed by atoms with Crippen molar-refractivity contribution in [3.63, 3.8) is 0 Å². The smallest absolute Gasteiger partial charge is 0.311 e. The van der Waals surface area contributed by atoms with Crippen LogP contribution in [0.3, 0.4) is 0 Å². The standard InChI is InChI=1S/C25H38O5/c1-6-25(4,5)24(28)30-21-12-15(2)11-17-8-7-16(3)20(23(17)21)10-9-19-13-18(26)14-22(27)29-19/h7-8,11,15-16,18-21,23,26H,6,9-10,12-14H2,1-5H3/t15-,16-,18?,19+,20?,21-,23-/m0/s1. The van der Waals surface area contributed by atoms with E-state index in [-0.39, 0.29) is 36.5 Å². The van der Waals surface area contributed by atoms with Crippen LogP contribution in [0.25, 0.3) is 0 Å². The normalized spacial score (nSPS) is 36.5. The third-order valence-corrected chi connectivity index (χ3v) is 7.35. The fraction of sp³-hybridized carbons (Fsp3) is 0.760. The van der Waals surface area contributed by atoms with E-state index in [1.165, 1.54) is 5.57 Å². The minimum Gasteiger partial charge on any atom is -0.462 e. The Balaban J connectivity index is 1.76. The summed E-state index contributed by atoms with van der Waals surface area (Å²) in [7, 11) is 0. The minimum absolute atomic E-state index is 0.0949. The average Bonchev–Trinajstić information content (AvgIpc) is 2.66. The number of carbonyl (C=O) groups excluding carboxylic acids is 2. The van der Waals surface area contributed by atoms with Gasteiger partial charge in [-0.3, -0.25) is 9.59 Å². The number of aliphatic hydroxyl groups excluding tert-OH is 1. The number of esters is 2. The predicted molar refractivity (Wildman–Crippen MR) is 115 cm³/mol. The SMILES string of the molecule is CCC(C)(C)C(=O)O[C@H]1C[C@@H](C)C=C2C=C[C@H](C)C(CC[C@@H]3CC(O)CC(=O)O3)[C@H]21. The number of rotatable bonds is 6. The Hall–Kier alpha value is -1.62. The van der Waals surface area contributed by atoms with E-state index in [2.05, 4.69) is 32.1 Å². The molecule has 168 valence electrons. The first kappa shape index (κ1) is 23.1. The van der Waals surface area contributed by atoms with Crippen molar-refractivity contribution in [1.82, 2.24) is 0 Å². The zero-order chi connectivity index (χ0) is 22.1. The number of allylic oxidation sites excluding steroid dienone is 3. The summed E-state index contributed by atoms with van der Waals surface area (Å²) in [5.41, 5.74) is 0.785. The second kappa shape index (κ2) is 9.25. The maximum Gasteiger partial charge on any atom is 0.311 e. The van der Waals surface area contributed by atoms with E-state index in [9.17, 15) is 14.7 Å². The van der Waals surface area contributed by atoms with Gasteiger partial charge >= 0.3 is 11.9 Å². The number of cyclic esters (lactones) is 1. The summed E-state index contributed by atoms with van der Waals surface area (Å²) < 4.78 is 11.6. The summed E-state index contributed by atoms with van der Waals surface area (Å²) in [6.07, 6.45) is 9.61. The zero-order valence-corrected chi connectivity index (χ0v) is 19.1. The van der Waals surface area contributed by atoms with Gasteiger partial charge in [-0.05, 0) is 62.9 Å². The van der Waals surface area contributed by atoms with Gasteiger partial charge in [0.15, 0.2) is 0 Å². The van der Waals surface area contributed by atoms with Gasteiger partial charge in [0.2, 0.25) is 0 Å². The molecule has 7 atom stereocenters. The van der Waals surface area contributed by atoms with Gasteiger partial charge in [-0.1, -0.05) is 39.0 Å². The highest BCUT2D eigenvalue weighted by molar-refractivity contribution is 5.76. The number of hydrogen-bond donors (Lipinski definition) is 1. The van der Waals surface area contributed by atoms with Crippen LogP contribution in [0.5, 0.6) is 0 Å². The third kappa shape index (κ3) is 5.16. The van der Waals surface area contributed by atoms with E-state index < -0.39 is 11.5 Å². The molecule has 30 heavy (non-hydrogen) atoms. The Morgan fingerprint density at radius 3 is 2.67 bits per heavy atom. The molecule has 5 heteroatoms. The van der Waals surface area contributed by atoms with Crippen LogP contribution < -0.4 is 0 Å². The molecule has 2 aliphatic carbocycles. The fourth-order valence-electron chi connectivity index (χ4n) is 5.08. The van der Waals surface area contributed by atoms with Crippen LogP contribution in [-0.4, -0.2) is 35.4 Å². The molecule has 1 aliphatic heterocycles. The highest BCUT2D eigenvalue weighted by atomic mass is 16.6. The van der Waals surface area contributed by atoms with E-state index in [0.717, 1.165) is 25.7 Å². The van der Waals surface area contributed by atoms with Crippen molar-refractivity contribution >= 4 is 11.9 Å².